The molecule has 106 valence electrons. The molecule has 1 fully saturated rings. The average molecular weight is 282 g/mol. The lowest BCUT2D eigenvalue weighted by Crippen LogP contribution is -2.45. The van der Waals surface area contributed by atoms with Gasteiger partial charge in [-0.1, -0.05) is 6.92 Å². The summed E-state index contributed by atoms with van der Waals surface area (Å²) in [6.07, 6.45) is 0.0591. The standard InChI is InChI=1S/C12H10O8/c1-2-3-6(13)4-5(8(15)7(3)14)10(17)12(19)11(18,20-12)9(4)16/h13-15,18-19H,2H2,1H3. The summed E-state index contributed by atoms with van der Waals surface area (Å²) in [5, 5.41) is 49.0. The fraction of sp³-hybridized carbons (Fsp3) is 0.333. The fourth-order valence-corrected chi connectivity index (χ4v) is 2.47. The van der Waals surface area contributed by atoms with Crippen LogP contribution in [0.3, 0.4) is 0 Å². The van der Waals surface area contributed by atoms with Gasteiger partial charge in [0.2, 0.25) is 11.6 Å². The van der Waals surface area contributed by atoms with Gasteiger partial charge in [0.15, 0.2) is 11.5 Å². The highest BCUT2D eigenvalue weighted by atomic mass is 16.8. The quantitative estimate of drug-likeness (QED) is 0.254. The Balaban J connectivity index is 2.42. The third-order valence-electron chi connectivity index (χ3n) is 3.66. The number of Topliss-reactive ketones (excluding diaryl/α,β-unsaturated/α-hetero) is 2. The number of hydrogen-bond donors (Lipinski definition) is 5. The molecule has 2 atom stereocenters. The lowest BCUT2D eigenvalue weighted by Gasteiger charge is -2.22. The maximum Gasteiger partial charge on any atom is 0.298 e. The number of carbonyl (C=O) groups is 2. The van der Waals surface area contributed by atoms with Crippen molar-refractivity contribution in [3.05, 3.63) is 16.7 Å². The Labute approximate surface area is 111 Å². The van der Waals surface area contributed by atoms with Crippen molar-refractivity contribution >= 4 is 11.6 Å². The maximum absolute atomic E-state index is 12.0. The van der Waals surface area contributed by atoms with Crippen molar-refractivity contribution in [3.63, 3.8) is 0 Å². The predicted molar refractivity (Wildman–Crippen MR) is 60.5 cm³/mol. The number of aliphatic hydroxyl groups is 2. The molecule has 0 saturated carbocycles. The van der Waals surface area contributed by atoms with Crippen molar-refractivity contribution in [2.75, 3.05) is 0 Å². The number of aromatic hydroxyl groups is 3. The SMILES string of the molecule is CCc1c(O)c(O)c2c(c1O)C(=O)C1(O)OC1(O)C2=O. The summed E-state index contributed by atoms with van der Waals surface area (Å²) in [5.74, 6) is -10.6. The smallest absolute Gasteiger partial charge is 0.298 e. The van der Waals surface area contributed by atoms with E-state index in [0.29, 0.717) is 0 Å². The highest BCUT2D eigenvalue weighted by Crippen LogP contribution is 2.57. The van der Waals surface area contributed by atoms with E-state index in [0.717, 1.165) is 0 Å². The maximum atomic E-state index is 12.0. The summed E-state index contributed by atoms with van der Waals surface area (Å²) in [7, 11) is 0. The van der Waals surface area contributed by atoms with Crippen LogP contribution in [0.25, 0.3) is 0 Å². The minimum Gasteiger partial charge on any atom is -0.507 e. The number of phenolic OH excluding ortho intramolecular Hbond substituents is 3. The highest BCUT2D eigenvalue weighted by Gasteiger charge is 2.82. The van der Waals surface area contributed by atoms with Crippen LogP contribution in [0.15, 0.2) is 0 Å². The van der Waals surface area contributed by atoms with Crippen molar-refractivity contribution in [1.82, 2.24) is 0 Å². The van der Waals surface area contributed by atoms with Crippen molar-refractivity contribution in [3.8, 4) is 17.2 Å². The monoisotopic (exact) mass is 282 g/mol. The zero-order valence-corrected chi connectivity index (χ0v) is 10.2. The summed E-state index contributed by atoms with van der Waals surface area (Å²) in [6.45, 7) is 1.54. The van der Waals surface area contributed by atoms with Crippen LogP contribution >= 0.6 is 0 Å². The number of ether oxygens (including phenoxy) is 1. The van der Waals surface area contributed by atoms with Gasteiger partial charge in [-0.25, -0.2) is 0 Å². The van der Waals surface area contributed by atoms with Gasteiger partial charge < -0.3 is 25.5 Å². The number of epoxide rings is 1. The fourth-order valence-electron chi connectivity index (χ4n) is 2.47. The summed E-state index contributed by atoms with van der Waals surface area (Å²) < 4.78 is 4.39. The predicted octanol–water partition coefficient (Wildman–Crippen LogP) is -0.848. The first kappa shape index (κ1) is 12.9. The molecule has 20 heavy (non-hydrogen) atoms. The van der Waals surface area contributed by atoms with Crippen LogP contribution in [-0.2, 0) is 11.2 Å². The zero-order chi connectivity index (χ0) is 15.0. The van der Waals surface area contributed by atoms with Gasteiger partial charge in [0, 0.05) is 5.56 Å². The van der Waals surface area contributed by atoms with Crippen LogP contribution in [0.4, 0.5) is 0 Å². The Hall–Kier alpha value is -2.16. The molecule has 8 heteroatoms. The van der Waals surface area contributed by atoms with Gasteiger partial charge in [0.25, 0.3) is 11.6 Å². The van der Waals surface area contributed by atoms with E-state index in [4.69, 9.17) is 0 Å². The molecular weight excluding hydrogens is 272 g/mol. The Morgan fingerprint density at radius 2 is 1.35 bits per heavy atom. The second-order valence-electron chi connectivity index (χ2n) is 4.68. The third kappa shape index (κ3) is 1.08. The highest BCUT2D eigenvalue weighted by molar-refractivity contribution is 6.26. The molecule has 3 rings (SSSR count). The number of rotatable bonds is 1. The normalized spacial score (nSPS) is 30.9. The molecule has 2 aliphatic rings. The minimum atomic E-state index is -2.79. The van der Waals surface area contributed by atoms with Crippen LogP contribution < -0.4 is 0 Å². The molecule has 0 bridgehead atoms. The van der Waals surface area contributed by atoms with E-state index in [-0.39, 0.29) is 12.0 Å². The topological polar surface area (TPSA) is 148 Å². The van der Waals surface area contributed by atoms with Crippen molar-refractivity contribution in [2.24, 2.45) is 0 Å². The van der Waals surface area contributed by atoms with Crippen LogP contribution in [0, 0.1) is 0 Å². The van der Waals surface area contributed by atoms with Crippen molar-refractivity contribution in [1.29, 1.82) is 0 Å². The first-order valence-electron chi connectivity index (χ1n) is 5.75. The molecule has 1 aromatic carbocycles. The molecule has 0 radical (unpaired) electrons. The van der Waals surface area contributed by atoms with E-state index in [1.54, 1.807) is 0 Å². The Morgan fingerprint density at radius 1 is 0.900 bits per heavy atom. The van der Waals surface area contributed by atoms with Crippen LogP contribution in [0.5, 0.6) is 17.2 Å². The average Bonchev–Trinajstić information content (AvgIpc) is 2.98. The molecule has 0 aromatic heterocycles. The summed E-state index contributed by atoms with van der Waals surface area (Å²) in [5.41, 5.74) is -1.60. The minimum absolute atomic E-state index is 0.0591. The second kappa shape index (κ2) is 3.29. The molecular formula is C12H10O8. The van der Waals surface area contributed by atoms with E-state index in [2.05, 4.69) is 4.74 Å². The summed E-state index contributed by atoms with van der Waals surface area (Å²) >= 11 is 0. The number of ketones is 2. The lowest BCUT2D eigenvalue weighted by molar-refractivity contribution is 0.0178. The molecule has 0 spiro atoms. The van der Waals surface area contributed by atoms with Crippen molar-refractivity contribution < 1.29 is 39.9 Å². The first-order valence-corrected chi connectivity index (χ1v) is 5.75. The van der Waals surface area contributed by atoms with Crippen molar-refractivity contribution in [2.45, 2.75) is 24.9 Å². The molecule has 1 saturated heterocycles. The molecule has 5 N–H and O–H groups in total. The lowest BCUT2D eigenvalue weighted by atomic mass is 9.82. The summed E-state index contributed by atoms with van der Waals surface area (Å²) in [6, 6.07) is 0. The Kier molecular flexibility index (Phi) is 2.11. The zero-order valence-electron chi connectivity index (χ0n) is 10.2. The molecule has 1 aliphatic carbocycles. The van der Waals surface area contributed by atoms with Gasteiger partial charge in [-0.05, 0) is 6.42 Å². The van der Waals surface area contributed by atoms with Gasteiger partial charge in [-0.15, -0.1) is 0 Å². The molecule has 2 unspecified atom stereocenters. The van der Waals surface area contributed by atoms with Crippen LogP contribution in [0.1, 0.15) is 33.2 Å². The Morgan fingerprint density at radius 3 is 1.80 bits per heavy atom. The van der Waals surface area contributed by atoms with E-state index in [1.165, 1.54) is 6.92 Å². The summed E-state index contributed by atoms with van der Waals surface area (Å²) in [4.78, 5) is 24.0. The molecule has 1 heterocycles. The van der Waals surface area contributed by atoms with Gasteiger partial charge in [-0.2, -0.15) is 0 Å². The van der Waals surface area contributed by atoms with E-state index in [1.807, 2.05) is 0 Å². The third-order valence-corrected chi connectivity index (χ3v) is 3.66. The van der Waals surface area contributed by atoms with E-state index in [9.17, 15) is 35.1 Å². The van der Waals surface area contributed by atoms with Gasteiger partial charge >= 0.3 is 0 Å². The van der Waals surface area contributed by atoms with Gasteiger partial charge in [-0.3, -0.25) is 14.3 Å². The number of hydrogen-bond acceptors (Lipinski definition) is 8. The molecule has 1 aromatic rings. The van der Waals surface area contributed by atoms with Gasteiger partial charge in [0.05, 0.1) is 11.1 Å². The molecule has 1 aliphatic heterocycles. The molecule has 8 nitrogen and oxygen atoms in total. The first-order chi connectivity index (χ1) is 9.20. The number of carbonyl (C=O) groups excluding carboxylic acids is 2. The number of phenols is 3. The number of fused-ring (bicyclic) bond motifs is 2. The molecule has 0 amide bonds. The van der Waals surface area contributed by atoms with Gasteiger partial charge in [0.1, 0.15) is 5.75 Å². The largest absolute Gasteiger partial charge is 0.507 e. The van der Waals surface area contributed by atoms with E-state index < -0.39 is 51.5 Å². The van der Waals surface area contributed by atoms with Crippen LogP contribution in [0.2, 0.25) is 0 Å². The second-order valence-corrected chi connectivity index (χ2v) is 4.68. The van der Waals surface area contributed by atoms with E-state index >= 15 is 0 Å². The Bertz CT molecular complexity index is 693. The van der Waals surface area contributed by atoms with Crippen LogP contribution in [-0.4, -0.2) is 48.7 Å². The number of benzene rings is 1.